The number of ether oxygens (including phenoxy) is 2. The second kappa shape index (κ2) is 9.85. The van der Waals surface area contributed by atoms with Crippen molar-refractivity contribution in [2.24, 2.45) is 0 Å². The minimum atomic E-state index is -0.0504. The monoisotopic (exact) mass is 440 g/mol. The fraction of sp³-hybridized carbons (Fsp3) is 0.304. The average molecular weight is 441 g/mol. The molecule has 0 unspecified atom stereocenters. The van der Waals surface area contributed by atoms with Crippen molar-refractivity contribution >= 4 is 17.5 Å². The third-order valence-corrected chi connectivity index (χ3v) is 5.47. The van der Waals surface area contributed by atoms with E-state index < -0.39 is 0 Å². The molecule has 2 heterocycles. The first kappa shape index (κ1) is 21.2. The quantitative estimate of drug-likeness (QED) is 0.562. The van der Waals surface area contributed by atoms with E-state index in [9.17, 15) is 4.79 Å². The molecule has 1 fully saturated rings. The highest BCUT2D eigenvalue weighted by Gasteiger charge is 2.23. The molecule has 1 aliphatic rings. The van der Waals surface area contributed by atoms with E-state index in [0.717, 1.165) is 30.4 Å². The highest BCUT2D eigenvalue weighted by molar-refractivity contribution is 6.30. The molecule has 0 aliphatic carbocycles. The highest BCUT2D eigenvalue weighted by Crippen LogP contribution is 2.18. The van der Waals surface area contributed by atoms with Crippen LogP contribution in [0.3, 0.4) is 0 Å². The highest BCUT2D eigenvalue weighted by atomic mass is 35.5. The van der Waals surface area contributed by atoms with E-state index in [1.165, 1.54) is 5.56 Å². The number of piperazine rings is 1. The van der Waals surface area contributed by atoms with Crippen LogP contribution in [0.4, 0.5) is 0 Å². The number of hydrogen-bond acceptors (Lipinski definition) is 5. The standard InChI is InChI=1S/C23H25ClN4O3/c1-30-20-5-7-21(8-6-20)31-17-28-10-9-22(25-28)23(29)27-13-11-26(12-14-27)16-18-3-2-4-19(24)15-18/h2-10,15H,11-14,16-17H2,1H3. The summed E-state index contributed by atoms with van der Waals surface area (Å²) in [5.74, 6) is 1.43. The maximum absolute atomic E-state index is 12.8. The first-order valence-electron chi connectivity index (χ1n) is 10.2. The van der Waals surface area contributed by atoms with Gasteiger partial charge in [-0.2, -0.15) is 5.10 Å². The lowest BCUT2D eigenvalue weighted by Gasteiger charge is -2.34. The van der Waals surface area contributed by atoms with Gasteiger partial charge in [-0.25, -0.2) is 4.68 Å². The molecule has 31 heavy (non-hydrogen) atoms. The van der Waals surface area contributed by atoms with Gasteiger partial charge in [-0.05, 0) is 48.0 Å². The lowest BCUT2D eigenvalue weighted by molar-refractivity contribution is 0.0621. The number of hydrogen-bond donors (Lipinski definition) is 0. The smallest absolute Gasteiger partial charge is 0.274 e. The van der Waals surface area contributed by atoms with Gasteiger partial charge >= 0.3 is 0 Å². The van der Waals surface area contributed by atoms with Crippen LogP contribution in [0.1, 0.15) is 16.1 Å². The summed E-state index contributed by atoms with van der Waals surface area (Å²) in [6.07, 6.45) is 1.76. The predicted octanol–water partition coefficient (Wildman–Crippen LogP) is 3.54. The van der Waals surface area contributed by atoms with E-state index in [1.54, 1.807) is 24.1 Å². The molecule has 162 valence electrons. The lowest BCUT2D eigenvalue weighted by Crippen LogP contribution is -2.48. The molecule has 4 rings (SSSR count). The number of nitrogens with zero attached hydrogens (tertiary/aromatic N) is 4. The molecule has 1 aliphatic heterocycles. The van der Waals surface area contributed by atoms with E-state index in [-0.39, 0.29) is 12.6 Å². The van der Waals surface area contributed by atoms with Gasteiger partial charge < -0.3 is 14.4 Å². The van der Waals surface area contributed by atoms with Gasteiger partial charge in [-0.15, -0.1) is 0 Å². The summed E-state index contributed by atoms with van der Waals surface area (Å²) in [5.41, 5.74) is 1.62. The van der Waals surface area contributed by atoms with Crippen LogP contribution in [-0.4, -0.2) is 58.8 Å². The summed E-state index contributed by atoms with van der Waals surface area (Å²) in [7, 11) is 1.62. The molecule has 1 aromatic heterocycles. The number of benzene rings is 2. The number of carbonyl (C=O) groups excluding carboxylic acids is 1. The zero-order valence-corrected chi connectivity index (χ0v) is 18.2. The van der Waals surface area contributed by atoms with Crippen LogP contribution in [0.5, 0.6) is 11.5 Å². The van der Waals surface area contributed by atoms with Crippen molar-refractivity contribution in [2.75, 3.05) is 33.3 Å². The van der Waals surface area contributed by atoms with Crippen LogP contribution in [0.15, 0.2) is 60.8 Å². The molecule has 2 aromatic carbocycles. The van der Waals surface area contributed by atoms with Gasteiger partial charge in [0.2, 0.25) is 0 Å². The zero-order chi connectivity index (χ0) is 21.6. The minimum Gasteiger partial charge on any atom is -0.497 e. The van der Waals surface area contributed by atoms with Crippen molar-refractivity contribution in [3.63, 3.8) is 0 Å². The number of aromatic nitrogens is 2. The molecule has 0 spiro atoms. The molecule has 8 heteroatoms. The average Bonchev–Trinajstić information content (AvgIpc) is 3.27. The number of halogens is 1. The normalized spacial score (nSPS) is 14.5. The van der Waals surface area contributed by atoms with E-state index in [0.29, 0.717) is 24.5 Å². The third kappa shape index (κ3) is 5.57. The van der Waals surface area contributed by atoms with Crippen molar-refractivity contribution in [3.05, 3.63) is 77.1 Å². The van der Waals surface area contributed by atoms with Gasteiger partial charge in [0.15, 0.2) is 12.4 Å². The Morgan fingerprint density at radius 2 is 1.77 bits per heavy atom. The Kier molecular flexibility index (Phi) is 6.74. The van der Waals surface area contributed by atoms with Crippen LogP contribution in [0, 0.1) is 0 Å². The van der Waals surface area contributed by atoms with Gasteiger partial charge in [0.05, 0.1) is 7.11 Å². The maximum Gasteiger partial charge on any atom is 0.274 e. The molecule has 0 radical (unpaired) electrons. The molecule has 0 N–H and O–H groups in total. The van der Waals surface area contributed by atoms with Crippen molar-refractivity contribution in [1.29, 1.82) is 0 Å². The largest absolute Gasteiger partial charge is 0.497 e. The molecule has 1 saturated heterocycles. The molecular weight excluding hydrogens is 416 g/mol. The third-order valence-electron chi connectivity index (χ3n) is 5.24. The topological polar surface area (TPSA) is 59.8 Å². The summed E-state index contributed by atoms with van der Waals surface area (Å²) in [6.45, 7) is 4.05. The van der Waals surface area contributed by atoms with Gasteiger partial charge in [0.25, 0.3) is 5.91 Å². The first-order valence-corrected chi connectivity index (χ1v) is 10.5. The summed E-state index contributed by atoms with van der Waals surface area (Å²) in [5, 5.41) is 5.13. The zero-order valence-electron chi connectivity index (χ0n) is 17.4. The van der Waals surface area contributed by atoms with Crippen LogP contribution >= 0.6 is 11.6 Å². The summed E-state index contributed by atoms with van der Waals surface area (Å²) >= 11 is 6.07. The fourth-order valence-electron chi connectivity index (χ4n) is 3.52. The van der Waals surface area contributed by atoms with Gasteiger partial charge in [0.1, 0.15) is 11.5 Å². The van der Waals surface area contributed by atoms with Crippen molar-refractivity contribution in [3.8, 4) is 11.5 Å². The molecular formula is C23H25ClN4O3. The summed E-state index contributed by atoms with van der Waals surface area (Å²) in [6, 6.07) is 17.0. The van der Waals surface area contributed by atoms with Gasteiger partial charge in [0, 0.05) is 43.9 Å². The van der Waals surface area contributed by atoms with Gasteiger partial charge in [-0.1, -0.05) is 23.7 Å². The Bertz CT molecular complexity index is 1010. The van der Waals surface area contributed by atoms with Crippen molar-refractivity contribution < 1.29 is 14.3 Å². The Hall–Kier alpha value is -3.03. The number of methoxy groups -OCH3 is 1. The number of carbonyl (C=O) groups is 1. The van der Waals surface area contributed by atoms with E-state index in [2.05, 4.69) is 16.1 Å². The van der Waals surface area contributed by atoms with E-state index in [1.807, 2.05) is 47.4 Å². The second-order valence-corrected chi connectivity index (χ2v) is 7.82. The molecule has 3 aromatic rings. The van der Waals surface area contributed by atoms with Crippen LogP contribution in [0.25, 0.3) is 0 Å². The Morgan fingerprint density at radius 1 is 1.03 bits per heavy atom. The Morgan fingerprint density at radius 3 is 2.48 bits per heavy atom. The minimum absolute atomic E-state index is 0.0504. The fourth-order valence-corrected chi connectivity index (χ4v) is 3.74. The van der Waals surface area contributed by atoms with Crippen LogP contribution < -0.4 is 9.47 Å². The second-order valence-electron chi connectivity index (χ2n) is 7.39. The Labute approximate surface area is 186 Å². The Balaban J connectivity index is 1.26. The molecule has 0 atom stereocenters. The first-order chi connectivity index (χ1) is 15.1. The summed E-state index contributed by atoms with van der Waals surface area (Å²) in [4.78, 5) is 17.0. The summed E-state index contributed by atoms with van der Waals surface area (Å²) < 4.78 is 12.5. The van der Waals surface area contributed by atoms with Crippen molar-refractivity contribution in [2.45, 2.75) is 13.3 Å². The van der Waals surface area contributed by atoms with E-state index >= 15 is 0 Å². The predicted molar refractivity (Wildman–Crippen MR) is 118 cm³/mol. The van der Waals surface area contributed by atoms with E-state index in [4.69, 9.17) is 21.1 Å². The molecule has 1 amide bonds. The SMILES string of the molecule is COc1ccc(OCn2ccc(C(=O)N3CCN(Cc4cccc(Cl)c4)CC3)n2)cc1. The number of rotatable bonds is 7. The van der Waals surface area contributed by atoms with Crippen LogP contribution in [-0.2, 0) is 13.3 Å². The maximum atomic E-state index is 12.8. The molecule has 0 bridgehead atoms. The lowest BCUT2D eigenvalue weighted by atomic mass is 10.2. The number of amides is 1. The van der Waals surface area contributed by atoms with Gasteiger partial charge in [-0.3, -0.25) is 9.69 Å². The van der Waals surface area contributed by atoms with Crippen molar-refractivity contribution in [1.82, 2.24) is 19.6 Å². The van der Waals surface area contributed by atoms with Crippen LogP contribution in [0.2, 0.25) is 5.02 Å². The molecule has 7 nitrogen and oxygen atoms in total. The molecule has 0 saturated carbocycles.